The van der Waals surface area contributed by atoms with Crippen molar-refractivity contribution in [2.45, 2.75) is 32.6 Å². The van der Waals surface area contributed by atoms with E-state index in [4.69, 9.17) is 0 Å². The minimum Gasteiger partial charge on any atom is -0.214 e. The Labute approximate surface area is 110 Å². The van der Waals surface area contributed by atoms with Crippen LogP contribution in [0.25, 0.3) is 0 Å². The van der Waals surface area contributed by atoms with Crippen molar-refractivity contribution in [3.8, 4) is 0 Å². The molecule has 0 aliphatic rings. The Bertz CT molecular complexity index is 310. The molecule has 0 nitrogen and oxygen atoms in total. The van der Waals surface area contributed by atoms with Crippen molar-refractivity contribution in [2.75, 3.05) is 0 Å². The minimum absolute atomic E-state index is 0. The summed E-state index contributed by atoms with van der Waals surface area (Å²) in [6.07, 6.45) is 1.21. The second-order valence-electron chi connectivity index (χ2n) is 4.37. The summed E-state index contributed by atoms with van der Waals surface area (Å²) in [4.78, 5) is 0. The van der Waals surface area contributed by atoms with Gasteiger partial charge in [-0.15, -0.1) is 0 Å². The topological polar surface area (TPSA) is 0 Å². The molecule has 0 N–H and O–H groups in total. The van der Waals surface area contributed by atoms with Crippen LogP contribution in [0.15, 0.2) is 54.6 Å². The second-order valence-corrected chi connectivity index (χ2v) is 4.37. The van der Waals surface area contributed by atoms with Crippen LogP contribution in [0.2, 0.25) is 0 Å². The van der Waals surface area contributed by atoms with Crippen molar-refractivity contribution < 1.29 is 17.1 Å². The van der Waals surface area contributed by atoms with Crippen molar-refractivity contribution in [3.05, 3.63) is 60.2 Å². The van der Waals surface area contributed by atoms with Gasteiger partial charge in [0.05, 0.1) is 0 Å². The van der Waals surface area contributed by atoms with Gasteiger partial charge in [-0.05, 0) is 0 Å². The van der Waals surface area contributed by atoms with Gasteiger partial charge in [0.15, 0.2) is 0 Å². The molecule has 1 heteroatoms. The Morgan fingerprint density at radius 1 is 1.00 bits per heavy atom. The van der Waals surface area contributed by atoms with E-state index in [0.29, 0.717) is 5.41 Å². The van der Waals surface area contributed by atoms with Crippen molar-refractivity contribution in [1.29, 1.82) is 0 Å². The Morgan fingerprint density at radius 3 is 1.81 bits per heavy atom. The Balaban J connectivity index is 0.000000318. The van der Waals surface area contributed by atoms with E-state index < -0.39 is 0 Å². The van der Waals surface area contributed by atoms with Crippen molar-refractivity contribution in [3.63, 3.8) is 0 Å². The van der Waals surface area contributed by atoms with Gasteiger partial charge in [-0.1, -0.05) is 32.6 Å². The molecule has 0 bridgehead atoms. The zero-order valence-corrected chi connectivity index (χ0v) is 11.4. The summed E-state index contributed by atoms with van der Waals surface area (Å²) in [6.45, 7) is 6.79. The Kier molecular flexibility index (Phi) is 7.12. The molecule has 2 aromatic rings. The van der Waals surface area contributed by atoms with Gasteiger partial charge in [0.2, 0.25) is 0 Å². The largest absolute Gasteiger partial charge is 0.214 e. The molecule has 0 amide bonds. The van der Waals surface area contributed by atoms with Gasteiger partial charge in [-0.25, -0.2) is 24.3 Å². The molecule has 0 heterocycles. The molecule has 0 saturated carbocycles. The van der Waals surface area contributed by atoms with E-state index in [2.05, 4.69) is 45.0 Å². The van der Waals surface area contributed by atoms with Crippen LogP contribution in [-0.2, 0) is 22.5 Å². The van der Waals surface area contributed by atoms with Crippen LogP contribution in [0.5, 0.6) is 0 Å². The third-order valence-electron chi connectivity index (χ3n) is 2.88. The third kappa shape index (κ3) is 4.83. The second kappa shape index (κ2) is 7.49. The third-order valence-corrected chi connectivity index (χ3v) is 2.88. The molecule has 0 spiro atoms. The van der Waals surface area contributed by atoms with Gasteiger partial charge in [0.25, 0.3) is 0 Å². The Hall–Kier alpha value is -0.781. The van der Waals surface area contributed by atoms with Crippen molar-refractivity contribution in [1.82, 2.24) is 0 Å². The first-order valence-corrected chi connectivity index (χ1v) is 5.55. The summed E-state index contributed by atoms with van der Waals surface area (Å²) in [6, 6.07) is 18.6. The van der Waals surface area contributed by atoms with E-state index in [1.54, 1.807) is 0 Å². The average Bonchev–Trinajstić information content (AvgIpc) is 2.93. The van der Waals surface area contributed by atoms with Gasteiger partial charge in [-0.3, -0.25) is 0 Å². The van der Waals surface area contributed by atoms with Gasteiger partial charge in [0, 0.05) is 17.1 Å². The van der Waals surface area contributed by atoms with E-state index in [0.717, 1.165) is 0 Å². The predicted molar refractivity (Wildman–Crippen MR) is 67.4 cm³/mol. The first kappa shape index (κ1) is 15.2. The zero-order chi connectivity index (χ0) is 11.1. The van der Waals surface area contributed by atoms with Crippen molar-refractivity contribution in [2.24, 2.45) is 0 Å². The smallest absolute Gasteiger partial charge is 0 e. The van der Waals surface area contributed by atoms with Crippen LogP contribution in [0.4, 0.5) is 0 Å². The van der Waals surface area contributed by atoms with E-state index >= 15 is 0 Å². The molecule has 2 aromatic carbocycles. The zero-order valence-electron chi connectivity index (χ0n) is 10.3. The van der Waals surface area contributed by atoms with Crippen LogP contribution in [0.3, 0.4) is 0 Å². The van der Waals surface area contributed by atoms with Gasteiger partial charge < -0.3 is 0 Å². The van der Waals surface area contributed by atoms with Crippen LogP contribution in [0, 0.1) is 0 Å². The van der Waals surface area contributed by atoms with E-state index in [9.17, 15) is 0 Å². The molecule has 16 heavy (non-hydrogen) atoms. The molecule has 0 aliphatic heterocycles. The van der Waals surface area contributed by atoms with Gasteiger partial charge in [-0.2, -0.15) is 35.9 Å². The average molecular weight is 256 g/mol. The normalized spacial score (nSPS) is 9.94. The molecular formula is C15H20Fe-2. The van der Waals surface area contributed by atoms with Gasteiger partial charge in [0.1, 0.15) is 0 Å². The molecule has 2 rings (SSSR count). The van der Waals surface area contributed by atoms with E-state index in [1.807, 2.05) is 30.3 Å². The fourth-order valence-electron chi connectivity index (χ4n) is 1.35. The molecule has 0 unspecified atom stereocenters. The molecule has 0 aliphatic carbocycles. The molecular weight excluding hydrogens is 236 g/mol. The summed E-state index contributed by atoms with van der Waals surface area (Å²) in [5, 5.41) is 0. The fraction of sp³-hybridized carbons (Fsp3) is 0.333. The first-order chi connectivity index (χ1) is 7.17. The van der Waals surface area contributed by atoms with Crippen LogP contribution in [-0.4, -0.2) is 0 Å². The minimum atomic E-state index is 0. The van der Waals surface area contributed by atoms with E-state index in [1.165, 1.54) is 12.0 Å². The maximum Gasteiger partial charge on any atom is 0 e. The molecule has 0 radical (unpaired) electrons. The molecule has 0 atom stereocenters. The summed E-state index contributed by atoms with van der Waals surface area (Å²) >= 11 is 0. The SMILES string of the molecule is CCC(C)(C)[c-]1cccc1.[Fe].c1cc[cH-]c1. The summed E-state index contributed by atoms with van der Waals surface area (Å²) in [7, 11) is 0. The summed E-state index contributed by atoms with van der Waals surface area (Å²) < 4.78 is 0. The standard InChI is InChI=1S/C10H15.C5H5.Fe/c1-4-10(2,3)9-7-5-6-8-9;1-2-4-5-3-1;/h5-8H,4H2,1-3H3;1-5H;/q2*-1;. The molecule has 0 saturated heterocycles. The Morgan fingerprint density at radius 2 is 1.50 bits per heavy atom. The quantitative estimate of drug-likeness (QED) is 0.548. The number of rotatable bonds is 2. The molecule has 0 fully saturated rings. The van der Waals surface area contributed by atoms with Crippen molar-refractivity contribution >= 4 is 0 Å². The molecule has 90 valence electrons. The van der Waals surface area contributed by atoms with Crippen LogP contribution in [0.1, 0.15) is 32.8 Å². The number of hydrogen-bond donors (Lipinski definition) is 0. The summed E-state index contributed by atoms with van der Waals surface area (Å²) in [5.74, 6) is 0. The summed E-state index contributed by atoms with van der Waals surface area (Å²) in [5.41, 5.74) is 1.82. The maximum absolute atomic E-state index is 2.28. The first-order valence-electron chi connectivity index (χ1n) is 5.55. The van der Waals surface area contributed by atoms with Crippen LogP contribution >= 0.6 is 0 Å². The van der Waals surface area contributed by atoms with Gasteiger partial charge >= 0.3 is 0 Å². The molecule has 0 aromatic heterocycles. The predicted octanol–water partition coefficient (Wildman–Crippen LogP) is 4.50. The van der Waals surface area contributed by atoms with Crippen LogP contribution < -0.4 is 0 Å². The van der Waals surface area contributed by atoms with E-state index in [-0.39, 0.29) is 17.1 Å². The maximum atomic E-state index is 2.28. The monoisotopic (exact) mass is 256 g/mol. The fourth-order valence-corrected chi connectivity index (χ4v) is 1.35. The number of hydrogen-bond acceptors (Lipinski definition) is 0.